The normalized spacial score (nSPS) is 18.8. The van der Waals surface area contributed by atoms with Gasteiger partial charge in [-0.3, -0.25) is 0 Å². The molecule has 0 aromatic heterocycles. The van der Waals surface area contributed by atoms with E-state index in [2.05, 4.69) is 0 Å². The first-order valence-electron chi connectivity index (χ1n) is 2.75. The van der Waals surface area contributed by atoms with E-state index < -0.39 is 6.23 Å². The average Bonchev–Trinajstić information content (AvgIpc) is 1.64. The lowest BCUT2D eigenvalue weighted by atomic mass is 10.0. The van der Waals surface area contributed by atoms with E-state index in [9.17, 15) is 0 Å². The number of aliphatic hydroxyl groups is 1. The summed E-state index contributed by atoms with van der Waals surface area (Å²) in [6.07, 6.45) is -0.880. The summed E-state index contributed by atoms with van der Waals surface area (Å²) in [5.41, 5.74) is 10.5. The van der Waals surface area contributed by atoms with E-state index in [1.54, 1.807) is 0 Å². The van der Waals surface area contributed by atoms with Crippen molar-refractivity contribution in [3.8, 4) is 0 Å². The van der Waals surface area contributed by atoms with Crippen molar-refractivity contribution in [3.05, 3.63) is 0 Å². The Bertz CT molecular complexity index is 55.4. The number of rotatable bonds is 2. The molecule has 0 saturated carbocycles. The molecule has 0 spiro atoms. The molecule has 0 aliphatic rings. The summed E-state index contributed by atoms with van der Waals surface area (Å²) in [7, 11) is 0. The number of nitrogens with two attached hydrogens (primary N) is 2. The second-order valence-electron chi connectivity index (χ2n) is 2.31. The molecular weight excluding hydrogens is 104 g/mol. The van der Waals surface area contributed by atoms with Gasteiger partial charge in [-0.15, -0.1) is 0 Å². The van der Waals surface area contributed by atoms with Crippen LogP contribution in [0.2, 0.25) is 0 Å². The van der Waals surface area contributed by atoms with Crippen LogP contribution in [0.25, 0.3) is 0 Å². The Labute approximate surface area is 49.7 Å². The van der Waals surface area contributed by atoms with E-state index in [4.69, 9.17) is 16.6 Å². The first-order chi connectivity index (χ1) is 3.55. The van der Waals surface area contributed by atoms with Gasteiger partial charge in [0.25, 0.3) is 0 Å². The Kier molecular flexibility index (Phi) is 2.97. The highest BCUT2D eigenvalue weighted by Gasteiger charge is 2.12. The lowest BCUT2D eigenvalue weighted by molar-refractivity contribution is 0.131. The summed E-state index contributed by atoms with van der Waals surface area (Å²) in [5, 5.41) is 8.64. The molecule has 0 radical (unpaired) electrons. The Morgan fingerprint density at radius 2 is 1.62 bits per heavy atom. The van der Waals surface area contributed by atoms with Crippen LogP contribution in [0.1, 0.15) is 13.8 Å². The summed E-state index contributed by atoms with van der Waals surface area (Å²) in [4.78, 5) is 0. The van der Waals surface area contributed by atoms with Crippen LogP contribution < -0.4 is 11.5 Å². The highest BCUT2D eigenvalue weighted by atomic mass is 16.3. The molecule has 0 aliphatic carbocycles. The fraction of sp³-hybridized carbons (Fsp3) is 1.00. The quantitative estimate of drug-likeness (QED) is 0.418. The molecule has 0 saturated heterocycles. The zero-order chi connectivity index (χ0) is 6.73. The lowest BCUT2D eigenvalue weighted by Gasteiger charge is -2.17. The minimum Gasteiger partial charge on any atom is -0.377 e. The van der Waals surface area contributed by atoms with Crippen molar-refractivity contribution in [2.75, 3.05) is 0 Å². The van der Waals surface area contributed by atoms with E-state index in [1.165, 1.54) is 0 Å². The third kappa shape index (κ3) is 2.26. The van der Waals surface area contributed by atoms with E-state index in [1.807, 2.05) is 13.8 Å². The van der Waals surface area contributed by atoms with Crippen LogP contribution in [0.5, 0.6) is 0 Å². The van der Waals surface area contributed by atoms with Crippen molar-refractivity contribution >= 4 is 0 Å². The Hall–Kier alpha value is -0.120. The zero-order valence-corrected chi connectivity index (χ0v) is 5.33. The third-order valence-electron chi connectivity index (χ3n) is 1.16. The van der Waals surface area contributed by atoms with Gasteiger partial charge in [-0.05, 0) is 5.92 Å². The maximum Gasteiger partial charge on any atom is 0.117 e. The van der Waals surface area contributed by atoms with E-state index in [0.717, 1.165) is 0 Å². The molecule has 0 rings (SSSR count). The zero-order valence-electron chi connectivity index (χ0n) is 5.33. The molecule has 0 heterocycles. The summed E-state index contributed by atoms with van der Waals surface area (Å²) >= 11 is 0. The molecule has 50 valence electrons. The summed E-state index contributed by atoms with van der Waals surface area (Å²) in [5.74, 6) is 0.245. The first kappa shape index (κ1) is 7.88. The van der Waals surface area contributed by atoms with Gasteiger partial charge in [0.05, 0.1) is 0 Å². The highest BCUT2D eigenvalue weighted by Crippen LogP contribution is 1.98. The van der Waals surface area contributed by atoms with Crippen LogP contribution in [0.4, 0.5) is 0 Å². The van der Waals surface area contributed by atoms with Gasteiger partial charge >= 0.3 is 0 Å². The first-order valence-corrected chi connectivity index (χ1v) is 2.75. The van der Waals surface area contributed by atoms with Crippen molar-refractivity contribution in [2.24, 2.45) is 17.4 Å². The predicted molar refractivity (Wildman–Crippen MR) is 33.0 cm³/mol. The van der Waals surface area contributed by atoms with Gasteiger partial charge in [0.15, 0.2) is 0 Å². The van der Waals surface area contributed by atoms with Gasteiger partial charge < -0.3 is 16.6 Å². The number of hydrogen-bond acceptors (Lipinski definition) is 3. The van der Waals surface area contributed by atoms with Crippen molar-refractivity contribution in [2.45, 2.75) is 26.1 Å². The SMILES string of the molecule is CC(C)C(N)C(N)O. The molecule has 3 heteroatoms. The smallest absolute Gasteiger partial charge is 0.117 e. The van der Waals surface area contributed by atoms with Crippen molar-refractivity contribution in [1.29, 1.82) is 0 Å². The predicted octanol–water partition coefficient (Wildman–Crippen LogP) is -0.753. The van der Waals surface area contributed by atoms with Crippen molar-refractivity contribution in [3.63, 3.8) is 0 Å². The molecule has 0 aliphatic heterocycles. The monoisotopic (exact) mass is 118 g/mol. The second kappa shape index (κ2) is 3.02. The molecule has 8 heavy (non-hydrogen) atoms. The van der Waals surface area contributed by atoms with Crippen LogP contribution in [0, 0.1) is 5.92 Å². The van der Waals surface area contributed by atoms with Crippen LogP contribution in [0.15, 0.2) is 0 Å². The Morgan fingerprint density at radius 1 is 1.25 bits per heavy atom. The van der Waals surface area contributed by atoms with Gasteiger partial charge in [0, 0.05) is 6.04 Å². The van der Waals surface area contributed by atoms with E-state index >= 15 is 0 Å². The molecule has 0 aromatic carbocycles. The second-order valence-corrected chi connectivity index (χ2v) is 2.31. The fourth-order valence-corrected chi connectivity index (χ4v) is 0.394. The van der Waals surface area contributed by atoms with E-state index in [0.29, 0.717) is 0 Å². The summed E-state index contributed by atoms with van der Waals surface area (Å²) < 4.78 is 0. The topological polar surface area (TPSA) is 72.3 Å². The van der Waals surface area contributed by atoms with Gasteiger partial charge in [0.1, 0.15) is 6.23 Å². The van der Waals surface area contributed by atoms with Crippen LogP contribution >= 0.6 is 0 Å². The fourth-order valence-electron chi connectivity index (χ4n) is 0.394. The third-order valence-corrected chi connectivity index (χ3v) is 1.16. The number of hydrogen-bond donors (Lipinski definition) is 3. The van der Waals surface area contributed by atoms with Crippen LogP contribution in [0.3, 0.4) is 0 Å². The average molecular weight is 118 g/mol. The van der Waals surface area contributed by atoms with Crippen molar-refractivity contribution in [1.82, 2.24) is 0 Å². The lowest BCUT2D eigenvalue weighted by Crippen LogP contribution is -2.44. The van der Waals surface area contributed by atoms with E-state index in [-0.39, 0.29) is 12.0 Å². The minimum atomic E-state index is -0.880. The Morgan fingerprint density at radius 3 is 1.62 bits per heavy atom. The minimum absolute atomic E-state index is 0.245. The largest absolute Gasteiger partial charge is 0.377 e. The number of aliphatic hydroxyl groups excluding tert-OH is 1. The maximum absolute atomic E-state index is 8.64. The van der Waals surface area contributed by atoms with Gasteiger partial charge in [-0.2, -0.15) is 0 Å². The summed E-state index contributed by atoms with van der Waals surface area (Å²) in [6, 6.07) is -0.296. The van der Waals surface area contributed by atoms with Gasteiger partial charge in [-0.1, -0.05) is 13.8 Å². The molecule has 0 fully saturated rings. The molecular formula is C5H14N2O. The molecule has 0 aromatic rings. The van der Waals surface area contributed by atoms with Crippen molar-refractivity contribution < 1.29 is 5.11 Å². The molecule has 2 unspecified atom stereocenters. The highest BCUT2D eigenvalue weighted by molar-refractivity contribution is 4.68. The molecule has 5 N–H and O–H groups in total. The molecule has 0 amide bonds. The molecule has 3 nitrogen and oxygen atoms in total. The molecule has 2 atom stereocenters. The molecule has 0 bridgehead atoms. The van der Waals surface area contributed by atoms with Gasteiger partial charge in [0.2, 0.25) is 0 Å². The van der Waals surface area contributed by atoms with Crippen LogP contribution in [-0.4, -0.2) is 17.4 Å². The van der Waals surface area contributed by atoms with Gasteiger partial charge in [-0.25, -0.2) is 0 Å². The standard InChI is InChI=1S/C5H14N2O/c1-3(2)4(6)5(7)8/h3-5,8H,6-7H2,1-2H3. The van der Waals surface area contributed by atoms with Crippen LogP contribution in [-0.2, 0) is 0 Å². The maximum atomic E-state index is 8.64. The Balaban J connectivity index is 3.46. The summed E-state index contributed by atoms with van der Waals surface area (Å²) in [6.45, 7) is 3.83.